The van der Waals surface area contributed by atoms with Crippen LogP contribution in [0.5, 0.6) is 5.75 Å². The number of hydrogen-bond acceptors (Lipinski definition) is 6. The van der Waals surface area contributed by atoms with E-state index in [0.29, 0.717) is 24.0 Å². The number of para-hydroxylation sites is 2. The molecule has 0 amide bonds. The average Bonchev–Trinajstić information content (AvgIpc) is 3.11. The summed E-state index contributed by atoms with van der Waals surface area (Å²) in [5, 5.41) is 20.6. The van der Waals surface area contributed by atoms with E-state index in [0.717, 1.165) is 18.2 Å². The van der Waals surface area contributed by atoms with Crippen LogP contribution < -0.4 is 10.2 Å². The molecule has 6 nitrogen and oxygen atoms in total. The number of ether oxygens (including phenoxy) is 1. The van der Waals surface area contributed by atoms with E-state index in [-0.39, 0.29) is 28.9 Å². The Balaban J connectivity index is 0.000000717. The first-order valence-corrected chi connectivity index (χ1v) is 8.66. The molecule has 3 rings (SSSR count). The molecule has 1 aliphatic rings. The summed E-state index contributed by atoms with van der Waals surface area (Å²) in [7, 11) is 0. The molecule has 2 aromatic rings. The Morgan fingerprint density at radius 1 is 1.21 bits per heavy atom. The number of carbonyl (C=O) groups is 1. The van der Waals surface area contributed by atoms with E-state index < -0.39 is 5.97 Å². The first-order chi connectivity index (χ1) is 12.9. The monoisotopic (exact) mass is 429 g/mol. The number of carboxylic acids is 1. The summed E-state index contributed by atoms with van der Waals surface area (Å²) in [5.41, 5.74) is 2.17. The zero-order chi connectivity index (χ0) is 19.8. The van der Waals surface area contributed by atoms with Crippen molar-refractivity contribution in [3.8, 4) is 5.75 Å². The van der Waals surface area contributed by atoms with Crippen molar-refractivity contribution < 1.29 is 36.8 Å². The fourth-order valence-corrected chi connectivity index (χ4v) is 2.37. The van der Waals surface area contributed by atoms with Crippen LogP contribution in [0, 0.1) is 5.92 Å². The first-order valence-electron chi connectivity index (χ1n) is 8.66. The Hall–Kier alpha value is -2.63. The summed E-state index contributed by atoms with van der Waals surface area (Å²) in [6.07, 6.45) is 1.59. The van der Waals surface area contributed by atoms with Crippen LogP contribution >= 0.6 is 0 Å². The molecule has 0 saturated carbocycles. The Kier molecular flexibility index (Phi) is 9.42. The Labute approximate surface area is 175 Å². The maximum atomic E-state index is 11.8. The first kappa shape index (κ1) is 23.4. The number of aliphatic imine (C=N–C) groups is 2. The number of nitrogens with zero attached hydrogens (tertiary/aromatic N) is 2. The van der Waals surface area contributed by atoms with Crippen LogP contribution in [-0.2, 0) is 26.6 Å². The topological polar surface area (TPSA) is 97.1 Å². The van der Waals surface area contributed by atoms with Crippen molar-refractivity contribution >= 4 is 23.8 Å². The Morgan fingerprint density at radius 3 is 2.43 bits per heavy atom. The zero-order valence-electron chi connectivity index (χ0n) is 15.9. The molecule has 2 aromatic carbocycles. The van der Waals surface area contributed by atoms with Crippen molar-refractivity contribution in [3.05, 3.63) is 59.7 Å². The van der Waals surface area contributed by atoms with Crippen LogP contribution in [0.4, 0.5) is 5.69 Å². The van der Waals surface area contributed by atoms with E-state index in [1.54, 1.807) is 18.3 Å². The molecule has 0 fully saturated rings. The van der Waals surface area contributed by atoms with Gasteiger partial charge in [-0.2, -0.15) is 0 Å². The SMILES string of the molecule is CC(=O)[O-].CC(C)[C@H]1COC(c2ccccc2N=Cc2ccccc2[O-])=N1.[Cu+2]. The molecule has 0 N–H and O–H groups in total. The van der Waals surface area contributed by atoms with Gasteiger partial charge in [0.1, 0.15) is 6.61 Å². The molecule has 0 spiro atoms. The molecule has 0 unspecified atom stereocenters. The third kappa shape index (κ3) is 6.83. The molecule has 0 bridgehead atoms. The molecular weight excluding hydrogens is 408 g/mol. The molecule has 151 valence electrons. The average molecular weight is 430 g/mol. The van der Waals surface area contributed by atoms with E-state index >= 15 is 0 Å². The second-order valence-corrected chi connectivity index (χ2v) is 6.36. The molecule has 1 atom stereocenters. The van der Waals surface area contributed by atoms with Crippen molar-refractivity contribution in [1.29, 1.82) is 0 Å². The van der Waals surface area contributed by atoms with Crippen molar-refractivity contribution in [2.24, 2.45) is 15.9 Å². The van der Waals surface area contributed by atoms with Gasteiger partial charge in [-0.05, 0) is 30.5 Å². The van der Waals surface area contributed by atoms with E-state index in [9.17, 15) is 5.11 Å². The van der Waals surface area contributed by atoms with Crippen LogP contribution in [-0.4, -0.2) is 30.7 Å². The fourth-order valence-electron chi connectivity index (χ4n) is 2.37. The third-order valence-electron chi connectivity index (χ3n) is 3.84. The van der Waals surface area contributed by atoms with Gasteiger partial charge in [0, 0.05) is 12.2 Å². The van der Waals surface area contributed by atoms with Crippen LogP contribution in [0.15, 0.2) is 58.5 Å². The van der Waals surface area contributed by atoms with Crippen molar-refractivity contribution in [3.63, 3.8) is 0 Å². The van der Waals surface area contributed by atoms with Gasteiger partial charge in [-0.25, -0.2) is 4.99 Å². The van der Waals surface area contributed by atoms with Gasteiger partial charge in [0.05, 0.1) is 17.3 Å². The molecule has 1 radical (unpaired) electrons. The quantitative estimate of drug-likeness (QED) is 0.548. The molecule has 0 aromatic heterocycles. The van der Waals surface area contributed by atoms with Gasteiger partial charge in [0.15, 0.2) is 0 Å². The van der Waals surface area contributed by atoms with E-state index in [1.807, 2.05) is 30.3 Å². The van der Waals surface area contributed by atoms with Crippen LogP contribution in [0.3, 0.4) is 0 Å². The van der Waals surface area contributed by atoms with Gasteiger partial charge >= 0.3 is 17.1 Å². The molecule has 1 heterocycles. The summed E-state index contributed by atoms with van der Waals surface area (Å²) in [4.78, 5) is 18.0. The maximum Gasteiger partial charge on any atom is 2.00 e. The molecule has 1 aliphatic heterocycles. The van der Waals surface area contributed by atoms with Crippen molar-refractivity contribution in [2.45, 2.75) is 26.8 Å². The number of carboxylic acid groups (broad SMARTS) is 1. The Bertz CT molecular complexity index is 846. The molecule has 7 heteroatoms. The van der Waals surface area contributed by atoms with Gasteiger partial charge in [-0.15, -0.1) is 5.75 Å². The predicted molar refractivity (Wildman–Crippen MR) is 101 cm³/mol. The van der Waals surface area contributed by atoms with Gasteiger partial charge in [0.25, 0.3) is 0 Å². The fraction of sp³-hybridized carbons (Fsp3) is 0.286. The second-order valence-electron chi connectivity index (χ2n) is 6.36. The number of carbonyl (C=O) groups excluding carboxylic acids is 1. The number of aliphatic carboxylic acids is 1. The summed E-state index contributed by atoms with van der Waals surface area (Å²) in [6.45, 7) is 5.85. The van der Waals surface area contributed by atoms with E-state index in [1.165, 1.54) is 6.07 Å². The third-order valence-corrected chi connectivity index (χ3v) is 3.84. The number of hydrogen-bond donors (Lipinski definition) is 0. The van der Waals surface area contributed by atoms with Crippen molar-refractivity contribution in [1.82, 2.24) is 0 Å². The zero-order valence-corrected chi connectivity index (χ0v) is 16.8. The van der Waals surface area contributed by atoms with Gasteiger partial charge in [-0.1, -0.05) is 50.2 Å². The normalized spacial score (nSPS) is 15.3. The molecule has 0 aliphatic carbocycles. The van der Waals surface area contributed by atoms with Gasteiger partial charge < -0.3 is 19.7 Å². The smallest absolute Gasteiger partial charge is 0.872 e. The molecule has 0 saturated heterocycles. The number of rotatable bonds is 4. The summed E-state index contributed by atoms with van der Waals surface area (Å²) in [5.74, 6) is -0.0505. The minimum Gasteiger partial charge on any atom is -0.872 e. The maximum absolute atomic E-state index is 11.8. The second kappa shape index (κ2) is 11.3. The van der Waals surface area contributed by atoms with E-state index in [4.69, 9.17) is 14.6 Å². The summed E-state index contributed by atoms with van der Waals surface area (Å²) >= 11 is 0. The Morgan fingerprint density at radius 2 is 1.82 bits per heavy atom. The van der Waals surface area contributed by atoms with Crippen molar-refractivity contribution in [2.75, 3.05) is 6.61 Å². The summed E-state index contributed by atoms with van der Waals surface area (Å²) in [6, 6.07) is 14.7. The van der Waals surface area contributed by atoms with Crippen LogP contribution in [0.1, 0.15) is 31.9 Å². The standard InChI is InChI=1S/C19H20N2O2.C2H4O2.Cu/c1-13(2)17-12-23-19(21-17)15-8-4-5-9-16(15)20-11-14-7-3-6-10-18(14)22;1-2(3)4;/h3-11,13,17,22H,12H2,1-2H3;1H3,(H,3,4);/q;;+2/p-2/t17-;;/m1../s1. The summed E-state index contributed by atoms with van der Waals surface area (Å²) < 4.78 is 5.74. The van der Waals surface area contributed by atoms with Gasteiger partial charge in [-0.3, -0.25) is 4.99 Å². The van der Waals surface area contributed by atoms with Crippen LogP contribution in [0.25, 0.3) is 0 Å². The minimum absolute atomic E-state index is 0. The molecule has 28 heavy (non-hydrogen) atoms. The largest absolute Gasteiger partial charge is 2.00 e. The minimum atomic E-state index is -1.08. The predicted octanol–water partition coefficient (Wildman–Crippen LogP) is 2.07. The van der Waals surface area contributed by atoms with Crippen LogP contribution in [0.2, 0.25) is 0 Å². The van der Waals surface area contributed by atoms with E-state index in [2.05, 4.69) is 23.8 Å². The molecular formula is C21H22CuN2O4. The number of benzene rings is 2. The van der Waals surface area contributed by atoms with Gasteiger partial charge in [0.2, 0.25) is 5.90 Å².